The number of hydrogen-bond donors (Lipinski definition) is 2. The number of methoxy groups -OCH3 is 1. The minimum atomic E-state index is -0.755. The van der Waals surface area contributed by atoms with Crippen LogP contribution in [0.25, 0.3) is 6.08 Å². The third-order valence-corrected chi connectivity index (χ3v) is 3.81. The Morgan fingerprint density at radius 3 is 2.47 bits per heavy atom. The van der Waals surface area contributed by atoms with Crippen molar-refractivity contribution in [3.05, 3.63) is 65.7 Å². The quantitative estimate of drug-likeness (QED) is 0.614. The summed E-state index contributed by atoms with van der Waals surface area (Å²) in [6.07, 6.45) is 3.79. The average molecular weight is 412 g/mol. The molecule has 0 spiro atoms. The number of hydrogen-bond acceptors (Lipinski definition) is 6. The standard InChI is InChI=1S/C22H24N2O6/c1-3-7-16-10-11-18(19(12-16)28-2)29-15-21(26)30-14-20(25)24-22(27)23-13-17-8-5-4-6-9-17/h3-12H,13-15H2,1-2H3,(H2,23,24,25,27)/b7-3+. The van der Waals surface area contributed by atoms with Crippen molar-refractivity contribution in [2.24, 2.45) is 0 Å². The number of imide groups is 1. The lowest BCUT2D eigenvalue weighted by Gasteiger charge is -2.11. The van der Waals surface area contributed by atoms with Gasteiger partial charge in [0.15, 0.2) is 24.7 Å². The highest BCUT2D eigenvalue weighted by Gasteiger charge is 2.13. The van der Waals surface area contributed by atoms with Gasteiger partial charge in [-0.15, -0.1) is 0 Å². The molecule has 8 heteroatoms. The smallest absolute Gasteiger partial charge is 0.344 e. The zero-order valence-corrected chi connectivity index (χ0v) is 16.8. The monoisotopic (exact) mass is 412 g/mol. The zero-order chi connectivity index (χ0) is 21.8. The number of nitrogens with one attached hydrogen (secondary N) is 2. The van der Waals surface area contributed by atoms with Crippen LogP contribution in [-0.2, 0) is 20.9 Å². The summed E-state index contributed by atoms with van der Waals surface area (Å²) in [7, 11) is 1.49. The molecule has 0 fully saturated rings. The van der Waals surface area contributed by atoms with Gasteiger partial charge >= 0.3 is 12.0 Å². The molecule has 0 bridgehead atoms. The van der Waals surface area contributed by atoms with Gasteiger partial charge in [-0.1, -0.05) is 48.6 Å². The van der Waals surface area contributed by atoms with Gasteiger partial charge < -0.3 is 19.5 Å². The fourth-order valence-electron chi connectivity index (χ4n) is 2.41. The molecule has 30 heavy (non-hydrogen) atoms. The Hall–Kier alpha value is -3.81. The maximum absolute atomic E-state index is 11.8. The van der Waals surface area contributed by atoms with Gasteiger partial charge in [0.2, 0.25) is 0 Å². The molecule has 0 aliphatic rings. The average Bonchev–Trinajstić information content (AvgIpc) is 2.76. The van der Waals surface area contributed by atoms with Gasteiger partial charge in [0.05, 0.1) is 7.11 Å². The summed E-state index contributed by atoms with van der Waals surface area (Å²) in [6, 6.07) is 13.8. The summed E-state index contributed by atoms with van der Waals surface area (Å²) in [6.45, 7) is 1.16. The van der Waals surface area contributed by atoms with Crippen LogP contribution in [0, 0.1) is 0 Å². The minimum Gasteiger partial charge on any atom is -0.493 e. The Kier molecular flexibility index (Phi) is 8.92. The Morgan fingerprint density at radius 2 is 1.77 bits per heavy atom. The van der Waals surface area contributed by atoms with E-state index >= 15 is 0 Å². The van der Waals surface area contributed by atoms with Crippen LogP contribution >= 0.6 is 0 Å². The first-order valence-electron chi connectivity index (χ1n) is 9.22. The molecule has 2 N–H and O–H groups in total. The highest BCUT2D eigenvalue weighted by atomic mass is 16.6. The molecule has 0 aromatic heterocycles. The number of amides is 3. The van der Waals surface area contributed by atoms with E-state index in [2.05, 4.69) is 10.6 Å². The summed E-state index contributed by atoms with van der Waals surface area (Å²) < 4.78 is 15.4. The van der Waals surface area contributed by atoms with E-state index in [0.717, 1.165) is 11.1 Å². The first kappa shape index (κ1) is 22.5. The summed E-state index contributed by atoms with van der Waals surface area (Å²) in [5, 5.41) is 4.62. The molecule has 158 valence electrons. The van der Waals surface area contributed by atoms with E-state index in [1.165, 1.54) is 7.11 Å². The van der Waals surface area contributed by atoms with Crippen molar-refractivity contribution < 1.29 is 28.6 Å². The van der Waals surface area contributed by atoms with E-state index in [9.17, 15) is 14.4 Å². The van der Waals surface area contributed by atoms with Crippen LogP contribution in [0.4, 0.5) is 4.79 Å². The number of esters is 1. The molecule has 0 saturated carbocycles. The van der Waals surface area contributed by atoms with E-state index in [1.807, 2.05) is 55.5 Å². The summed E-state index contributed by atoms with van der Waals surface area (Å²) in [4.78, 5) is 35.2. The van der Waals surface area contributed by atoms with Gasteiger partial charge in [-0.05, 0) is 30.2 Å². The van der Waals surface area contributed by atoms with Crippen molar-refractivity contribution in [3.63, 3.8) is 0 Å². The highest BCUT2D eigenvalue weighted by Crippen LogP contribution is 2.28. The Balaban J connectivity index is 1.71. The van der Waals surface area contributed by atoms with Crippen LogP contribution in [-0.4, -0.2) is 38.2 Å². The van der Waals surface area contributed by atoms with Crippen molar-refractivity contribution in [2.75, 3.05) is 20.3 Å². The molecule has 0 aliphatic carbocycles. The normalized spacial score (nSPS) is 10.3. The number of allylic oxidation sites excluding steroid dienone is 1. The van der Waals surface area contributed by atoms with Gasteiger partial charge in [0.25, 0.3) is 5.91 Å². The van der Waals surface area contributed by atoms with Crippen LogP contribution in [0.3, 0.4) is 0 Å². The molecule has 0 aliphatic heterocycles. The largest absolute Gasteiger partial charge is 0.493 e. The molecule has 8 nitrogen and oxygen atoms in total. The second kappa shape index (κ2) is 11.9. The van der Waals surface area contributed by atoms with E-state index in [1.54, 1.807) is 12.1 Å². The van der Waals surface area contributed by atoms with Gasteiger partial charge in [0, 0.05) is 6.54 Å². The molecule has 0 saturated heterocycles. The van der Waals surface area contributed by atoms with Gasteiger partial charge in [-0.2, -0.15) is 0 Å². The van der Waals surface area contributed by atoms with E-state index < -0.39 is 31.1 Å². The van der Waals surface area contributed by atoms with Crippen molar-refractivity contribution in [3.8, 4) is 11.5 Å². The molecule has 2 aromatic carbocycles. The third-order valence-electron chi connectivity index (χ3n) is 3.81. The Morgan fingerprint density at radius 1 is 1.00 bits per heavy atom. The molecule has 2 aromatic rings. The molecule has 0 atom stereocenters. The number of benzene rings is 2. The molecule has 0 heterocycles. The van der Waals surface area contributed by atoms with Crippen LogP contribution < -0.4 is 20.1 Å². The predicted molar refractivity (Wildman–Crippen MR) is 111 cm³/mol. The van der Waals surface area contributed by atoms with Crippen molar-refractivity contribution in [1.29, 1.82) is 0 Å². The number of carbonyl (C=O) groups excluding carboxylic acids is 3. The second-order valence-corrected chi connectivity index (χ2v) is 6.08. The maximum Gasteiger partial charge on any atom is 0.344 e. The summed E-state index contributed by atoms with van der Waals surface area (Å²) >= 11 is 0. The molecular weight excluding hydrogens is 388 g/mol. The SMILES string of the molecule is C/C=C/c1ccc(OCC(=O)OCC(=O)NC(=O)NCc2ccccc2)c(OC)c1. The Bertz CT molecular complexity index is 896. The van der Waals surface area contributed by atoms with Crippen LogP contribution in [0.2, 0.25) is 0 Å². The third kappa shape index (κ3) is 7.67. The Labute approximate surface area is 174 Å². The van der Waals surface area contributed by atoms with Gasteiger partial charge in [0.1, 0.15) is 0 Å². The van der Waals surface area contributed by atoms with Crippen molar-refractivity contribution in [1.82, 2.24) is 10.6 Å². The number of urea groups is 1. The first-order chi connectivity index (χ1) is 14.5. The minimum absolute atomic E-state index is 0.266. The lowest BCUT2D eigenvalue weighted by Crippen LogP contribution is -2.41. The fourth-order valence-corrected chi connectivity index (χ4v) is 2.41. The molecule has 0 unspecified atom stereocenters. The summed E-state index contributed by atoms with van der Waals surface area (Å²) in [5.74, 6) is -0.671. The number of carbonyl (C=O) groups is 3. The summed E-state index contributed by atoms with van der Waals surface area (Å²) in [5.41, 5.74) is 1.81. The van der Waals surface area contributed by atoms with E-state index in [-0.39, 0.29) is 6.54 Å². The number of rotatable bonds is 9. The zero-order valence-electron chi connectivity index (χ0n) is 16.8. The molecule has 2 rings (SSSR count). The first-order valence-corrected chi connectivity index (χ1v) is 9.22. The van der Waals surface area contributed by atoms with Crippen LogP contribution in [0.5, 0.6) is 11.5 Å². The lowest BCUT2D eigenvalue weighted by atomic mass is 10.2. The fraction of sp³-hybridized carbons (Fsp3) is 0.227. The van der Waals surface area contributed by atoms with Gasteiger partial charge in [-0.3, -0.25) is 10.1 Å². The molecular formula is C22H24N2O6. The lowest BCUT2D eigenvalue weighted by molar-refractivity contribution is -0.150. The van der Waals surface area contributed by atoms with Crippen molar-refractivity contribution >= 4 is 24.0 Å². The van der Waals surface area contributed by atoms with Crippen LogP contribution in [0.1, 0.15) is 18.1 Å². The maximum atomic E-state index is 11.8. The highest BCUT2D eigenvalue weighted by molar-refractivity contribution is 5.95. The molecule has 0 radical (unpaired) electrons. The second-order valence-electron chi connectivity index (χ2n) is 6.08. The van der Waals surface area contributed by atoms with Crippen molar-refractivity contribution in [2.45, 2.75) is 13.5 Å². The van der Waals surface area contributed by atoms with Crippen LogP contribution in [0.15, 0.2) is 54.6 Å². The van der Waals surface area contributed by atoms with Gasteiger partial charge in [-0.25, -0.2) is 9.59 Å². The predicted octanol–water partition coefficient (Wildman–Crippen LogP) is 2.68. The van der Waals surface area contributed by atoms with E-state index in [0.29, 0.717) is 11.5 Å². The number of ether oxygens (including phenoxy) is 3. The molecule has 3 amide bonds. The topological polar surface area (TPSA) is 103 Å². The van der Waals surface area contributed by atoms with E-state index in [4.69, 9.17) is 14.2 Å².